The number of hydrogen-bond donors (Lipinski definition) is 3. The zero-order valence-corrected chi connectivity index (χ0v) is 14.9. The summed E-state index contributed by atoms with van der Waals surface area (Å²) >= 11 is 1.34. The maximum Gasteiger partial charge on any atom is 0.280 e. The molecule has 25 heavy (non-hydrogen) atoms. The van der Waals surface area contributed by atoms with Crippen molar-refractivity contribution in [2.45, 2.75) is 19.4 Å². The van der Waals surface area contributed by atoms with Gasteiger partial charge in [0.2, 0.25) is 5.60 Å². The summed E-state index contributed by atoms with van der Waals surface area (Å²) in [5, 5.41) is 13.2. The topological polar surface area (TPSA) is 61.4 Å². The lowest BCUT2D eigenvalue weighted by molar-refractivity contribution is -0.135. The molecule has 0 radical (unpaired) electrons. The third-order valence-electron chi connectivity index (χ3n) is 4.13. The van der Waals surface area contributed by atoms with Crippen molar-refractivity contribution in [1.82, 2.24) is 5.43 Å². The Balaban J connectivity index is 1.91. The van der Waals surface area contributed by atoms with Gasteiger partial charge in [-0.2, -0.15) is 0 Å². The fraction of sp³-hybridized carbons (Fsp3) is 0.150. The van der Waals surface area contributed by atoms with E-state index in [4.69, 9.17) is 0 Å². The molecule has 1 aromatic heterocycles. The van der Waals surface area contributed by atoms with Crippen LogP contribution in [-0.4, -0.2) is 11.0 Å². The standard InChI is InChI=1S/C20H20N2O2S/c1-14-9-11-16(12-10-14)20(24,18-8-5-13-25-18)19(23)22-21-17-7-4-3-6-15(17)2/h3-13,21,24H,1-2H3,(H,22,23). The van der Waals surface area contributed by atoms with Crippen molar-refractivity contribution < 1.29 is 9.90 Å². The number of carbonyl (C=O) groups is 1. The minimum Gasteiger partial charge on any atom is -0.371 e. The Morgan fingerprint density at radius 1 is 1.00 bits per heavy atom. The SMILES string of the molecule is Cc1ccc(C(O)(C(=O)NNc2ccccc2C)c2cccs2)cc1. The first-order valence-electron chi connectivity index (χ1n) is 7.97. The van der Waals surface area contributed by atoms with Gasteiger partial charge in [0.15, 0.2) is 0 Å². The highest BCUT2D eigenvalue weighted by molar-refractivity contribution is 7.10. The molecule has 0 fully saturated rings. The van der Waals surface area contributed by atoms with Gasteiger partial charge in [-0.25, -0.2) is 0 Å². The summed E-state index contributed by atoms with van der Waals surface area (Å²) < 4.78 is 0. The molecule has 3 N–H and O–H groups in total. The molecule has 0 aliphatic carbocycles. The van der Waals surface area contributed by atoms with Crippen molar-refractivity contribution in [2.75, 3.05) is 5.43 Å². The highest BCUT2D eigenvalue weighted by Crippen LogP contribution is 2.33. The molecule has 1 unspecified atom stereocenters. The molecule has 3 rings (SSSR count). The predicted molar refractivity (Wildman–Crippen MR) is 101 cm³/mol. The van der Waals surface area contributed by atoms with Crippen LogP contribution in [-0.2, 0) is 10.4 Å². The van der Waals surface area contributed by atoms with E-state index < -0.39 is 11.5 Å². The molecule has 4 nitrogen and oxygen atoms in total. The summed E-state index contributed by atoms with van der Waals surface area (Å²) in [5.41, 5.74) is 7.18. The van der Waals surface area contributed by atoms with Crippen molar-refractivity contribution in [2.24, 2.45) is 0 Å². The van der Waals surface area contributed by atoms with Gasteiger partial charge in [0.05, 0.1) is 10.6 Å². The van der Waals surface area contributed by atoms with Gasteiger partial charge in [0.1, 0.15) is 0 Å². The van der Waals surface area contributed by atoms with Gasteiger partial charge in [0, 0.05) is 0 Å². The fourth-order valence-electron chi connectivity index (χ4n) is 2.59. The molecule has 2 aromatic carbocycles. The lowest BCUT2D eigenvalue weighted by Gasteiger charge is -2.27. The molecular formula is C20H20N2O2S. The summed E-state index contributed by atoms with van der Waals surface area (Å²) in [4.78, 5) is 13.5. The molecule has 0 saturated carbocycles. The van der Waals surface area contributed by atoms with Gasteiger partial charge in [-0.05, 0) is 42.5 Å². The van der Waals surface area contributed by atoms with Crippen LogP contribution >= 0.6 is 11.3 Å². The van der Waals surface area contributed by atoms with E-state index in [0.717, 1.165) is 16.8 Å². The number of aryl methyl sites for hydroxylation is 2. The van der Waals surface area contributed by atoms with Crippen molar-refractivity contribution in [3.05, 3.63) is 87.6 Å². The van der Waals surface area contributed by atoms with Crippen LogP contribution in [0.4, 0.5) is 5.69 Å². The molecule has 3 aromatic rings. The zero-order valence-electron chi connectivity index (χ0n) is 14.1. The highest BCUT2D eigenvalue weighted by atomic mass is 32.1. The Labute approximate surface area is 151 Å². The number of aliphatic hydroxyl groups is 1. The minimum absolute atomic E-state index is 0.526. The molecule has 1 heterocycles. The molecule has 0 aliphatic heterocycles. The Kier molecular flexibility index (Phi) is 4.88. The zero-order chi connectivity index (χ0) is 17.9. The number of amides is 1. The summed E-state index contributed by atoms with van der Waals surface area (Å²) in [5.74, 6) is -0.526. The van der Waals surface area contributed by atoms with E-state index in [1.807, 2.05) is 61.7 Å². The summed E-state index contributed by atoms with van der Waals surface area (Å²) in [7, 11) is 0. The van der Waals surface area contributed by atoms with E-state index in [0.29, 0.717) is 10.4 Å². The van der Waals surface area contributed by atoms with Gasteiger partial charge >= 0.3 is 0 Å². The average molecular weight is 352 g/mol. The molecule has 0 spiro atoms. The molecular weight excluding hydrogens is 332 g/mol. The molecule has 1 atom stereocenters. The van der Waals surface area contributed by atoms with Gasteiger partial charge in [0.25, 0.3) is 5.91 Å². The second-order valence-electron chi connectivity index (χ2n) is 5.95. The normalized spacial score (nSPS) is 13.1. The molecule has 0 aliphatic rings. The number of nitrogens with one attached hydrogen (secondary N) is 2. The lowest BCUT2D eigenvalue weighted by Crippen LogP contribution is -2.47. The summed E-state index contributed by atoms with van der Waals surface area (Å²) in [6, 6.07) is 18.5. The van der Waals surface area contributed by atoms with Crippen LogP contribution < -0.4 is 10.9 Å². The van der Waals surface area contributed by atoms with Crippen LogP contribution in [0, 0.1) is 13.8 Å². The van der Waals surface area contributed by atoms with Crippen LogP contribution in [0.25, 0.3) is 0 Å². The van der Waals surface area contributed by atoms with Crippen molar-refractivity contribution in [1.29, 1.82) is 0 Å². The first-order chi connectivity index (χ1) is 12.0. The van der Waals surface area contributed by atoms with E-state index in [2.05, 4.69) is 10.9 Å². The molecule has 1 amide bonds. The maximum absolute atomic E-state index is 12.9. The Hall–Kier alpha value is -2.63. The van der Waals surface area contributed by atoms with Gasteiger partial charge in [-0.15, -0.1) is 11.3 Å². The van der Waals surface area contributed by atoms with Crippen LogP contribution in [0.1, 0.15) is 21.6 Å². The number of thiophene rings is 1. The van der Waals surface area contributed by atoms with Crippen molar-refractivity contribution in [3.8, 4) is 0 Å². The quantitative estimate of drug-likeness (QED) is 0.613. The predicted octanol–water partition coefficient (Wildman–Crippen LogP) is 3.74. The largest absolute Gasteiger partial charge is 0.371 e. The second kappa shape index (κ2) is 7.09. The lowest BCUT2D eigenvalue weighted by atomic mass is 9.90. The molecule has 5 heteroatoms. The monoisotopic (exact) mass is 352 g/mol. The second-order valence-corrected chi connectivity index (χ2v) is 6.90. The molecule has 0 saturated heterocycles. The van der Waals surface area contributed by atoms with E-state index in [9.17, 15) is 9.90 Å². The van der Waals surface area contributed by atoms with Crippen molar-refractivity contribution in [3.63, 3.8) is 0 Å². The summed E-state index contributed by atoms with van der Waals surface area (Å²) in [6.45, 7) is 3.91. The van der Waals surface area contributed by atoms with Crippen LogP contribution in [0.2, 0.25) is 0 Å². The highest BCUT2D eigenvalue weighted by Gasteiger charge is 2.41. The Morgan fingerprint density at radius 3 is 2.36 bits per heavy atom. The van der Waals surface area contributed by atoms with Crippen LogP contribution in [0.5, 0.6) is 0 Å². The smallest absolute Gasteiger partial charge is 0.280 e. The Bertz CT molecular complexity index is 860. The third kappa shape index (κ3) is 3.43. The number of hydrogen-bond acceptors (Lipinski definition) is 4. The number of anilines is 1. The number of hydrazine groups is 1. The number of rotatable bonds is 5. The fourth-order valence-corrected chi connectivity index (χ4v) is 3.43. The first kappa shape index (κ1) is 17.2. The number of para-hydroxylation sites is 1. The Morgan fingerprint density at radius 2 is 1.72 bits per heavy atom. The van der Waals surface area contributed by atoms with E-state index in [1.165, 1.54) is 11.3 Å². The van der Waals surface area contributed by atoms with E-state index in [-0.39, 0.29) is 0 Å². The molecule has 128 valence electrons. The number of carbonyl (C=O) groups excluding carboxylic acids is 1. The molecule has 0 bridgehead atoms. The summed E-state index contributed by atoms with van der Waals surface area (Å²) in [6.07, 6.45) is 0. The van der Waals surface area contributed by atoms with Gasteiger partial charge in [-0.3, -0.25) is 15.6 Å². The first-order valence-corrected chi connectivity index (χ1v) is 8.85. The van der Waals surface area contributed by atoms with Crippen LogP contribution in [0.3, 0.4) is 0 Å². The minimum atomic E-state index is -1.75. The van der Waals surface area contributed by atoms with Gasteiger partial charge in [-0.1, -0.05) is 54.1 Å². The van der Waals surface area contributed by atoms with E-state index >= 15 is 0 Å². The van der Waals surface area contributed by atoms with Gasteiger partial charge < -0.3 is 5.11 Å². The van der Waals surface area contributed by atoms with Crippen molar-refractivity contribution >= 4 is 22.9 Å². The van der Waals surface area contributed by atoms with E-state index in [1.54, 1.807) is 18.2 Å². The number of benzene rings is 2. The van der Waals surface area contributed by atoms with Crippen LogP contribution in [0.15, 0.2) is 66.0 Å². The average Bonchev–Trinajstić information content (AvgIpc) is 3.16. The maximum atomic E-state index is 12.9. The third-order valence-corrected chi connectivity index (χ3v) is 5.11.